The Hall–Kier alpha value is -1.33. The number of aryl methyl sites for hydroxylation is 1. The first-order valence-electron chi connectivity index (χ1n) is 6.62. The maximum absolute atomic E-state index is 12.5. The van der Waals surface area contributed by atoms with Gasteiger partial charge in [-0.25, -0.2) is 0 Å². The first-order valence-corrected chi connectivity index (χ1v) is 6.62. The minimum atomic E-state index is -1.55. The lowest BCUT2D eigenvalue weighted by Gasteiger charge is -2.35. The summed E-state index contributed by atoms with van der Waals surface area (Å²) in [6, 6.07) is 5.42. The van der Waals surface area contributed by atoms with Crippen LogP contribution in [0.3, 0.4) is 0 Å². The molecule has 2 N–H and O–H groups in total. The van der Waals surface area contributed by atoms with Crippen LogP contribution in [-0.2, 0) is 11.2 Å². The summed E-state index contributed by atoms with van der Waals surface area (Å²) >= 11 is 0. The molecule has 0 atom stereocenters. The van der Waals surface area contributed by atoms with Crippen LogP contribution < -0.4 is 10.4 Å². The molecule has 1 aromatic carbocycles. The molecule has 0 unspecified atom stereocenters. The summed E-state index contributed by atoms with van der Waals surface area (Å²) in [4.78, 5) is 14.2. The number of hydrogen-bond acceptors (Lipinski definition) is 3. The summed E-state index contributed by atoms with van der Waals surface area (Å²) in [7, 11) is -1.55. The van der Waals surface area contributed by atoms with Gasteiger partial charge in [0, 0.05) is 23.1 Å². The lowest BCUT2D eigenvalue weighted by atomic mass is 9.76. The molecular formula is C14H20BNO3. The van der Waals surface area contributed by atoms with Gasteiger partial charge < -0.3 is 14.9 Å². The van der Waals surface area contributed by atoms with Crippen molar-refractivity contribution in [1.29, 1.82) is 0 Å². The topological polar surface area (TPSA) is 60.8 Å². The standard InChI is InChI=1S/C14H20BNO3/c1-14(2,3)13(17)16-9-5-7-10-6-4-8-11(12(10)16)15(18)19/h4,6,8,18-19H,5,7,9H2,1-3H3. The summed E-state index contributed by atoms with van der Waals surface area (Å²) in [5.41, 5.74) is 1.62. The molecule has 0 saturated heterocycles. The molecule has 102 valence electrons. The third kappa shape index (κ3) is 2.67. The van der Waals surface area contributed by atoms with E-state index in [1.54, 1.807) is 17.0 Å². The Morgan fingerprint density at radius 1 is 1.32 bits per heavy atom. The molecule has 2 rings (SSSR count). The molecular weight excluding hydrogens is 241 g/mol. The van der Waals surface area contributed by atoms with Gasteiger partial charge in [-0.05, 0) is 18.4 Å². The molecule has 19 heavy (non-hydrogen) atoms. The highest BCUT2D eigenvalue weighted by atomic mass is 16.4. The first-order chi connectivity index (χ1) is 8.82. The predicted octanol–water partition coefficient (Wildman–Crippen LogP) is 0.692. The number of fused-ring (bicyclic) bond motifs is 1. The number of rotatable bonds is 1. The maximum atomic E-state index is 12.5. The highest BCUT2D eigenvalue weighted by Crippen LogP contribution is 2.29. The van der Waals surface area contributed by atoms with E-state index in [-0.39, 0.29) is 5.91 Å². The second kappa shape index (κ2) is 4.98. The molecule has 1 amide bonds. The van der Waals surface area contributed by atoms with Crippen molar-refractivity contribution in [2.75, 3.05) is 11.4 Å². The molecule has 1 heterocycles. The van der Waals surface area contributed by atoms with Crippen molar-refractivity contribution in [3.8, 4) is 0 Å². The van der Waals surface area contributed by atoms with Gasteiger partial charge in [-0.3, -0.25) is 4.79 Å². The summed E-state index contributed by atoms with van der Waals surface area (Å²) in [6.45, 7) is 6.26. The van der Waals surface area contributed by atoms with Crippen LogP contribution >= 0.6 is 0 Å². The fourth-order valence-electron chi connectivity index (χ4n) is 2.50. The third-order valence-corrected chi connectivity index (χ3v) is 3.41. The van der Waals surface area contributed by atoms with Gasteiger partial charge in [-0.1, -0.05) is 39.0 Å². The van der Waals surface area contributed by atoms with Gasteiger partial charge in [0.25, 0.3) is 0 Å². The molecule has 0 saturated carbocycles. The number of benzene rings is 1. The Kier molecular flexibility index (Phi) is 3.70. The van der Waals surface area contributed by atoms with Crippen LogP contribution in [0.2, 0.25) is 0 Å². The second-order valence-electron chi connectivity index (χ2n) is 6.04. The molecule has 0 aromatic heterocycles. The van der Waals surface area contributed by atoms with Gasteiger partial charge in [0.15, 0.2) is 0 Å². The smallest absolute Gasteiger partial charge is 0.423 e. The number of carbonyl (C=O) groups excluding carboxylic acids is 1. The van der Waals surface area contributed by atoms with E-state index in [0.29, 0.717) is 17.7 Å². The van der Waals surface area contributed by atoms with E-state index in [1.165, 1.54) is 0 Å². The normalized spacial score (nSPS) is 15.1. The monoisotopic (exact) mass is 261 g/mol. The number of hydrogen-bond donors (Lipinski definition) is 2. The number of amides is 1. The quantitative estimate of drug-likeness (QED) is 0.731. The van der Waals surface area contributed by atoms with Crippen molar-refractivity contribution in [3.05, 3.63) is 23.8 Å². The van der Waals surface area contributed by atoms with Gasteiger partial charge in [-0.15, -0.1) is 0 Å². The maximum Gasteiger partial charge on any atom is 0.490 e. The fourth-order valence-corrected chi connectivity index (χ4v) is 2.50. The largest absolute Gasteiger partial charge is 0.490 e. The van der Waals surface area contributed by atoms with E-state index in [1.807, 2.05) is 26.8 Å². The first kappa shape index (κ1) is 14.1. The van der Waals surface area contributed by atoms with Crippen molar-refractivity contribution >= 4 is 24.2 Å². The van der Waals surface area contributed by atoms with Gasteiger partial charge in [-0.2, -0.15) is 0 Å². The zero-order valence-corrected chi connectivity index (χ0v) is 11.7. The van der Waals surface area contributed by atoms with Crippen molar-refractivity contribution < 1.29 is 14.8 Å². The van der Waals surface area contributed by atoms with E-state index >= 15 is 0 Å². The Morgan fingerprint density at radius 3 is 2.58 bits per heavy atom. The highest BCUT2D eigenvalue weighted by molar-refractivity contribution is 6.61. The van der Waals surface area contributed by atoms with Crippen molar-refractivity contribution in [2.24, 2.45) is 5.41 Å². The van der Waals surface area contributed by atoms with E-state index in [0.717, 1.165) is 18.4 Å². The fraction of sp³-hybridized carbons (Fsp3) is 0.500. The zero-order chi connectivity index (χ0) is 14.2. The Labute approximate surface area is 114 Å². The molecule has 4 nitrogen and oxygen atoms in total. The minimum absolute atomic E-state index is 0.0153. The number of nitrogens with zero attached hydrogens (tertiary/aromatic N) is 1. The van der Waals surface area contributed by atoms with E-state index < -0.39 is 12.5 Å². The van der Waals surface area contributed by atoms with Crippen LogP contribution in [0.15, 0.2) is 18.2 Å². The minimum Gasteiger partial charge on any atom is -0.423 e. The van der Waals surface area contributed by atoms with Gasteiger partial charge in [0.1, 0.15) is 0 Å². The molecule has 0 bridgehead atoms. The van der Waals surface area contributed by atoms with Crippen LogP contribution in [-0.4, -0.2) is 29.6 Å². The molecule has 1 aromatic rings. The van der Waals surface area contributed by atoms with E-state index in [9.17, 15) is 14.8 Å². The van der Waals surface area contributed by atoms with Gasteiger partial charge in [0.2, 0.25) is 5.91 Å². The third-order valence-electron chi connectivity index (χ3n) is 3.41. The molecule has 0 radical (unpaired) electrons. The molecule has 1 aliphatic rings. The average Bonchev–Trinajstić information content (AvgIpc) is 2.35. The summed E-state index contributed by atoms with van der Waals surface area (Å²) in [6.07, 6.45) is 1.77. The Morgan fingerprint density at radius 2 is 2.00 bits per heavy atom. The number of para-hydroxylation sites is 1. The van der Waals surface area contributed by atoms with E-state index in [2.05, 4.69) is 0 Å². The summed E-state index contributed by atoms with van der Waals surface area (Å²) < 4.78 is 0. The zero-order valence-electron chi connectivity index (χ0n) is 11.7. The molecule has 1 aliphatic heterocycles. The highest BCUT2D eigenvalue weighted by Gasteiger charge is 2.34. The summed E-state index contributed by atoms with van der Waals surface area (Å²) in [5, 5.41) is 19.0. The number of carbonyl (C=O) groups is 1. The van der Waals surface area contributed by atoms with Crippen molar-refractivity contribution in [1.82, 2.24) is 0 Å². The van der Waals surface area contributed by atoms with Crippen LogP contribution in [0, 0.1) is 5.41 Å². The van der Waals surface area contributed by atoms with Gasteiger partial charge >= 0.3 is 7.12 Å². The van der Waals surface area contributed by atoms with Crippen molar-refractivity contribution in [2.45, 2.75) is 33.6 Å². The molecule has 5 heteroatoms. The second-order valence-corrected chi connectivity index (χ2v) is 6.04. The van der Waals surface area contributed by atoms with E-state index in [4.69, 9.17) is 0 Å². The van der Waals surface area contributed by atoms with Gasteiger partial charge in [0.05, 0.1) is 0 Å². The average molecular weight is 261 g/mol. The van der Waals surface area contributed by atoms with Crippen molar-refractivity contribution in [3.63, 3.8) is 0 Å². The summed E-state index contributed by atoms with van der Waals surface area (Å²) in [5.74, 6) is 0.0153. The van der Waals surface area contributed by atoms with Crippen LogP contribution in [0.4, 0.5) is 5.69 Å². The lowest BCUT2D eigenvalue weighted by Crippen LogP contribution is -2.47. The molecule has 0 spiro atoms. The van der Waals surface area contributed by atoms with Crippen LogP contribution in [0.5, 0.6) is 0 Å². The predicted molar refractivity (Wildman–Crippen MR) is 76.4 cm³/mol. The lowest BCUT2D eigenvalue weighted by molar-refractivity contribution is -0.125. The molecule has 0 aliphatic carbocycles. The Balaban J connectivity index is 2.51. The Bertz CT molecular complexity index is 494. The molecule has 0 fully saturated rings. The van der Waals surface area contributed by atoms with Crippen LogP contribution in [0.25, 0.3) is 0 Å². The van der Waals surface area contributed by atoms with Crippen LogP contribution in [0.1, 0.15) is 32.8 Å². The SMILES string of the molecule is CC(C)(C)C(=O)N1CCCc2cccc(B(O)O)c21. The number of anilines is 1.